The van der Waals surface area contributed by atoms with E-state index < -0.39 is 4.92 Å². The molecule has 4 nitrogen and oxygen atoms in total. The van der Waals surface area contributed by atoms with Crippen molar-refractivity contribution in [2.24, 2.45) is 5.92 Å². The Morgan fingerprint density at radius 3 is 2.67 bits per heavy atom. The number of nitro groups is 1. The number of non-ortho nitro benzene ring substituents is 1. The lowest BCUT2D eigenvalue weighted by atomic mass is 9.90. The first-order valence-corrected chi connectivity index (χ1v) is 7.02. The van der Waals surface area contributed by atoms with Gasteiger partial charge >= 0.3 is 0 Å². The maximum absolute atomic E-state index is 10.7. The molecule has 0 bridgehead atoms. The molecule has 1 aromatic carbocycles. The summed E-state index contributed by atoms with van der Waals surface area (Å²) in [4.78, 5) is 10.3. The molecule has 0 aromatic heterocycles. The van der Waals surface area contributed by atoms with E-state index in [2.05, 4.69) is 15.9 Å². The summed E-state index contributed by atoms with van der Waals surface area (Å²) >= 11 is 3.26. The zero-order valence-electron chi connectivity index (χ0n) is 10.1. The van der Waals surface area contributed by atoms with Crippen molar-refractivity contribution in [1.82, 2.24) is 0 Å². The van der Waals surface area contributed by atoms with Gasteiger partial charge in [-0.25, -0.2) is 0 Å². The van der Waals surface area contributed by atoms with Crippen LogP contribution in [-0.4, -0.2) is 11.5 Å². The van der Waals surface area contributed by atoms with Gasteiger partial charge in [-0.2, -0.15) is 0 Å². The molecule has 0 spiro atoms. The molecule has 98 valence electrons. The summed E-state index contributed by atoms with van der Waals surface area (Å²) in [5.74, 6) is 1.17. The van der Waals surface area contributed by atoms with Gasteiger partial charge in [-0.15, -0.1) is 0 Å². The van der Waals surface area contributed by atoms with Crippen LogP contribution in [0.25, 0.3) is 0 Å². The van der Waals surface area contributed by atoms with Gasteiger partial charge in [-0.05, 0) is 24.8 Å². The number of hydrogen-bond donors (Lipinski definition) is 0. The number of nitrogens with zero attached hydrogens (tertiary/aromatic N) is 1. The molecule has 0 atom stereocenters. The molecule has 18 heavy (non-hydrogen) atoms. The fourth-order valence-corrected chi connectivity index (χ4v) is 2.76. The topological polar surface area (TPSA) is 52.4 Å². The largest absolute Gasteiger partial charge is 0.493 e. The standard InChI is InChI=1S/C13H16BrNO3/c14-11-6-12(15(16)17)8-13(7-11)18-9-10-4-2-1-3-5-10/h6-8,10H,1-5,9H2. The molecule has 1 aliphatic rings. The van der Waals surface area contributed by atoms with Gasteiger partial charge in [0.1, 0.15) is 5.75 Å². The second-order valence-corrected chi connectivity index (χ2v) is 5.63. The van der Waals surface area contributed by atoms with Gasteiger partial charge in [0.2, 0.25) is 0 Å². The molecule has 1 aromatic rings. The SMILES string of the molecule is O=[N+]([O-])c1cc(Br)cc(OCC2CCCCC2)c1. The van der Waals surface area contributed by atoms with Crippen LogP contribution in [0.5, 0.6) is 5.75 Å². The lowest BCUT2D eigenvalue weighted by Gasteiger charge is -2.21. The Kier molecular flexibility index (Phi) is 4.58. The second-order valence-electron chi connectivity index (χ2n) is 4.72. The molecule has 2 rings (SSSR count). The Morgan fingerprint density at radius 1 is 1.28 bits per heavy atom. The predicted octanol–water partition coefficient (Wildman–Crippen LogP) is 4.32. The first kappa shape index (κ1) is 13.3. The van der Waals surface area contributed by atoms with Crippen molar-refractivity contribution in [1.29, 1.82) is 0 Å². The van der Waals surface area contributed by atoms with Gasteiger partial charge < -0.3 is 4.74 Å². The van der Waals surface area contributed by atoms with Crippen LogP contribution < -0.4 is 4.74 Å². The lowest BCUT2D eigenvalue weighted by Crippen LogP contribution is -2.15. The minimum Gasteiger partial charge on any atom is -0.493 e. The highest BCUT2D eigenvalue weighted by atomic mass is 79.9. The fraction of sp³-hybridized carbons (Fsp3) is 0.538. The van der Waals surface area contributed by atoms with Gasteiger partial charge in [0.05, 0.1) is 17.6 Å². The molecule has 0 aliphatic heterocycles. The molecule has 1 saturated carbocycles. The second kappa shape index (κ2) is 6.18. The first-order valence-electron chi connectivity index (χ1n) is 6.23. The van der Waals surface area contributed by atoms with Crippen LogP contribution in [-0.2, 0) is 0 Å². The number of ether oxygens (including phenoxy) is 1. The predicted molar refractivity (Wildman–Crippen MR) is 72.9 cm³/mol. The Hall–Kier alpha value is -1.10. The first-order chi connectivity index (χ1) is 8.65. The van der Waals surface area contributed by atoms with E-state index in [1.54, 1.807) is 6.07 Å². The number of hydrogen-bond acceptors (Lipinski definition) is 3. The molecule has 0 amide bonds. The number of halogens is 1. The van der Waals surface area contributed by atoms with Gasteiger partial charge in [0.25, 0.3) is 5.69 Å². The van der Waals surface area contributed by atoms with Gasteiger partial charge in [0, 0.05) is 10.5 Å². The van der Waals surface area contributed by atoms with Crippen LogP contribution in [0.2, 0.25) is 0 Å². The molecular weight excluding hydrogens is 298 g/mol. The summed E-state index contributed by atoms with van der Waals surface area (Å²) in [7, 11) is 0. The Balaban J connectivity index is 1.97. The van der Waals surface area contributed by atoms with Crippen molar-refractivity contribution in [3.8, 4) is 5.75 Å². The quantitative estimate of drug-likeness (QED) is 0.614. The van der Waals surface area contributed by atoms with Gasteiger partial charge in [-0.1, -0.05) is 35.2 Å². The maximum Gasteiger partial charge on any atom is 0.274 e. The highest BCUT2D eigenvalue weighted by molar-refractivity contribution is 9.10. The Bertz CT molecular complexity index is 430. The number of rotatable bonds is 4. The third-order valence-corrected chi connectivity index (χ3v) is 3.74. The summed E-state index contributed by atoms with van der Waals surface area (Å²) in [6, 6.07) is 4.73. The third-order valence-electron chi connectivity index (χ3n) is 3.28. The molecular formula is C13H16BrNO3. The van der Waals surface area contributed by atoms with Crippen LogP contribution in [0.15, 0.2) is 22.7 Å². The highest BCUT2D eigenvalue weighted by Gasteiger charge is 2.15. The molecule has 1 aliphatic carbocycles. The summed E-state index contributed by atoms with van der Waals surface area (Å²) in [5.41, 5.74) is 0.0584. The van der Waals surface area contributed by atoms with E-state index in [1.165, 1.54) is 44.2 Å². The lowest BCUT2D eigenvalue weighted by molar-refractivity contribution is -0.385. The summed E-state index contributed by atoms with van der Waals surface area (Å²) < 4.78 is 6.36. The minimum atomic E-state index is -0.405. The molecule has 0 N–H and O–H groups in total. The zero-order chi connectivity index (χ0) is 13.0. The maximum atomic E-state index is 10.7. The van der Waals surface area contributed by atoms with Crippen molar-refractivity contribution in [3.05, 3.63) is 32.8 Å². The average Bonchev–Trinajstić information content (AvgIpc) is 2.37. The monoisotopic (exact) mass is 313 g/mol. The Morgan fingerprint density at radius 2 is 2.00 bits per heavy atom. The summed E-state index contributed by atoms with van der Waals surface area (Å²) in [5, 5.41) is 10.7. The highest BCUT2D eigenvalue weighted by Crippen LogP contribution is 2.28. The van der Waals surface area contributed by atoms with Crippen molar-refractivity contribution in [3.63, 3.8) is 0 Å². The number of benzene rings is 1. The van der Waals surface area contributed by atoms with Crippen molar-refractivity contribution < 1.29 is 9.66 Å². The van der Waals surface area contributed by atoms with E-state index in [0.717, 1.165) is 0 Å². The molecule has 0 unspecified atom stereocenters. The molecule has 1 fully saturated rings. The molecule has 5 heteroatoms. The molecule has 0 radical (unpaired) electrons. The molecule has 0 saturated heterocycles. The van der Waals surface area contributed by atoms with Crippen molar-refractivity contribution in [2.75, 3.05) is 6.61 Å². The van der Waals surface area contributed by atoms with Gasteiger partial charge in [-0.3, -0.25) is 10.1 Å². The van der Waals surface area contributed by atoms with Crippen LogP contribution in [0, 0.1) is 16.0 Å². The normalized spacial score (nSPS) is 16.5. The van der Waals surface area contributed by atoms with Crippen LogP contribution in [0.1, 0.15) is 32.1 Å². The van der Waals surface area contributed by atoms with E-state index in [1.807, 2.05) is 0 Å². The smallest absolute Gasteiger partial charge is 0.274 e. The van der Waals surface area contributed by atoms with Crippen LogP contribution in [0.3, 0.4) is 0 Å². The van der Waals surface area contributed by atoms with E-state index in [0.29, 0.717) is 22.7 Å². The third kappa shape index (κ3) is 3.70. The van der Waals surface area contributed by atoms with Crippen LogP contribution in [0.4, 0.5) is 5.69 Å². The van der Waals surface area contributed by atoms with E-state index in [4.69, 9.17) is 4.74 Å². The Labute approximate surface area is 115 Å². The average molecular weight is 314 g/mol. The number of nitro benzene ring substituents is 1. The molecule has 0 heterocycles. The summed E-state index contributed by atoms with van der Waals surface area (Å²) in [6.07, 6.45) is 6.27. The van der Waals surface area contributed by atoms with Crippen molar-refractivity contribution in [2.45, 2.75) is 32.1 Å². The van der Waals surface area contributed by atoms with E-state index in [-0.39, 0.29) is 5.69 Å². The van der Waals surface area contributed by atoms with E-state index in [9.17, 15) is 10.1 Å². The fourth-order valence-electron chi connectivity index (χ4n) is 2.30. The van der Waals surface area contributed by atoms with Gasteiger partial charge in [0.15, 0.2) is 0 Å². The minimum absolute atomic E-state index is 0.0584. The van der Waals surface area contributed by atoms with Crippen LogP contribution >= 0.6 is 15.9 Å². The van der Waals surface area contributed by atoms with E-state index >= 15 is 0 Å². The summed E-state index contributed by atoms with van der Waals surface area (Å²) in [6.45, 7) is 0.660. The van der Waals surface area contributed by atoms with Crippen molar-refractivity contribution >= 4 is 21.6 Å². The zero-order valence-corrected chi connectivity index (χ0v) is 11.7.